The summed E-state index contributed by atoms with van der Waals surface area (Å²) >= 11 is 0. The molecule has 2 aromatic carbocycles. The molecule has 0 aliphatic carbocycles. The monoisotopic (exact) mass is 346 g/mol. The average Bonchev–Trinajstić information content (AvgIpc) is 2.67. The number of hydrogen-bond acceptors (Lipinski definition) is 5. The van der Waals surface area contributed by atoms with Crippen molar-refractivity contribution in [3.05, 3.63) is 47.8 Å². The first kappa shape index (κ1) is 17.4. The van der Waals surface area contributed by atoms with Crippen LogP contribution in [0.2, 0.25) is 0 Å². The highest BCUT2D eigenvalue weighted by Crippen LogP contribution is 2.33. The van der Waals surface area contributed by atoms with Gasteiger partial charge in [-0.05, 0) is 11.6 Å². The van der Waals surface area contributed by atoms with Crippen molar-refractivity contribution in [2.24, 2.45) is 0 Å². The van der Waals surface area contributed by atoms with Crippen LogP contribution in [0.5, 0.6) is 11.5 Å². The fourth-order valence-corrected chi connectivity index (χ4v) is 2.95. The minimum absolute atomic E-state index is 0.374. The van der Waals surface area contributed by atoms with Crippen molar-refractivity contribution in [1.82, 2.24) is 0 Å². The lowest BCUT2D eigenvalue weighted by Crippen LogP contribution is -2.36. The summed E-state index contributed by atoms with van der Waals surface area (Å²) < 4.78 is 30.1. The Morgan fingerprint density at radius 1 is 1.08 bits per heavy atom. The van der Waals surface area contributed by atoms with Gasteiger partial charge < -0.3 is 24.4 Å². The van der Waals surface area contributed by atoms with Crippen molar-refractivity contribution in [2.45, 2.75) is 6.54 Å². The maximum absolute atomic E-state index is 14.3. The SMILES string of the molecule is COc1cc(F)c(NCc2ccccc2N2CCOCC2)cc1OC. The van der Waals surface area contributed by atoms with Crippen molar-refractivity contribution in [2.75, 3.05) is 50.7 Å². The topological polar surface area (TPSA) is 43.0 Å². The van der Waals surface area contributed by atoms with E-state index in [1.54, 1.807) is 6.07 Å². The molecule has 1 saturated heterocycles. The first-order valence-corrected chi connectivity index (χ1v) is 8.29. The molecule has 0 aromatic heterocycles. The maximum Gasteiger partial charge on any atom is 0.163 e. The molecule has 0 bridgehead atoms. The second-order valence-corrected chi connectivity index (χ2v) is 5.77. The molecule has 0 saturated carbocycles. The van der Waals surface area contributed by atoms with Crippen LogP contribution in [0.15, 0.2) is 36.4 Å². The Labute approximate surface area is 147 Å². The Bertz CT molecular complexity index is 718. The quantitative estimate of drug-likeness (QED) is 0.869. The molecule has 1 N–H and O–H groups in total. The van der Waals surface area contributed by atoms with Gasteiger partial charge >= 0.3 is 0 Å². The number of morpholine rings is 1. The molecule has 1 aliphatic rings. The number of hydrogen-bond donors (Lipinski definition) is 1. The van der Waals surface area contributed by atoms with Gasteiger partial charge in [-0.2, -0.15) is 0 Å². The number of halogens is 1. The molecule has 1 aliphatic heterocycles. The zero-order valence-corrected chi connectivity index (χ0v) is 14.5. The zero-order valence-electron chi connectivity index (χ0n) is 14.5. The van der Waals surface area contributed by atoms with Crippen LogP contribution in [0.1, 0.15) is 5.56 Å². The van der Waals surface area contributed by atoms with E-state index in [-0.39, 0.29) is 5.82 Å². The third-order valence-corrected chi connectivity index (χ3v) is 4.29. The first-order valence-electron chi connectivity index (χ1n) is 8.29. The van der Waals surface area contributed by atoms with Crippen LogP contribution in [0, 0.1) is 5.82 Å². The highest BCUT2D eigenvalue weighted by Gasteiger charge is 2.15. The smallest absolute Gasteiger partial charge is 0.163 e. The van der Waals surface area contributed by atoms with Gasteiger partial charge in [-0.1, -0.05) is 18.2 Å². The lowest BCUT2D eigenvalue weighted by Gasteiger charge is -2.30. The molecule has 0 amide bonds. The molecule has 25 heavy (non-hydrogen) atoms. The highest BCUT2D eigenvalue weighted by atomic mass is 19.1. The van der Waals surface area contributed by atoms with Crippen LogP contribution < -0.4 is 19.7 Å². The average molecular weight is 346 g/mol. The first-order chi connectivity index (χ1) is 12.2. The van der Waals surface area contributed by atoms with E-state index in [1.807, 2.05) is 12.1 Å². The summed E-state index contributed by atoms with van der Waals surface area (Å²) in [5.41, 5.74) is 2.65. The maximum atomic E-state index is 14.3. The summed E-state index contributed by atoms with van der Waals surface area (Å²) in [6, 6.07) is 11.1. The summed E-state index contributed by atoms with van der Waals surface area (Å²) in [6.45, 7) is 3.70. The molecule has 0 spiro atoms. The van der Waals surface area contributed by atoms with Crippen LogP contribution in [0.4, 0.5) is 15.8 Å². The Hall–Kier alpha value is -2.47. The Morgan fingerprint density at radius 2 is 1.76 bits per heavy atom. The van der Waals surface area contributed by atoms with E-state index >= 15 is 0 Å². The number of para-hydroxylation sites is 1. The van der Waals surface area contributed by atoms with E-state index in [2.05, 4.69) is 22.3 Å². The molecule has 0 atom stereocenters. The van der Waals surface area contributed by atoms with E-state index in [1.165, 1.54) is 20.3 Å². The van der Waals surface area contributed by atoms with Crippen LogP contribution in [-0.2, 0) is 11.3 Å². The van der Waals surface area contributed by atoms with Gasteiger partial charge in [0.25, 0.3) is 0 Å². The summed E-state index contributed by atoms with van der Waals surface area (Å²) in [7, 11) is 3.02. The number of anilines is 2. The molecule has 0 unspecified atom stereocenters. The number of nitrogens with zero attached hydrogens (tertiary/aromatic N) is 1. The van der Waals surface area contributed by atoms with Gasteiger partial charge in [-0.3, -0.25) is 0 Å². The molecule has 5 nitrogen and oxygen atoms in total. The predicted octanol–water partition coefficient (Wildman–Crippen LogP) is 3.29. The van der Waals surface area contributed by atoms with Gasteiger partial charge in [-0.15, -0.1) is 0 Å². The minimum atomic E-state index is -0.374. The molecular weight excluding hydrogens is 323 g/mol. The summed E-state index contributed by atoms with van der Waals surface area (Å²) in [4.78, 5) is 2.30. The van der Waals surface area contributed by atoms with E-state index in [9.17, 15) is 4.39 Å². The molecular formula is C19H23FN2O3. The van der Waals surface area contributed by atoms with Gasteiger partial charge in [0.05, 0.1) is 33.1 Å². The van der Waals surface area contributed by atoms with E-state index < -0.39 is 0 Å². The normalized spacial score (nSPS) is 14.3. The number of benzene rings is 2. The number of methoxy groups -OCH3 is 2. The van der Waals surface area contributed by atoms with Crippen molar-refractivity contribution >= 4 is 11.4 Å². The van der Waals surface area contributed by atoms with E-state index in [0.29, 0.717) is 23.7 Å². The van der Waals surface area contributed by atoms with Crippen LogP contribution in [0.3, 0.4) is 0 Å². The highest BCUT2D eigenvalue weighted by molar-refractivity contribution is 5.59. The number of ether oxygens (including phenoxy) is 3. The lowest BCUT2D eigenvalue weighted by atomic mass is 10.1. The number of nitrogens with one attached hydrogen (secondary N) is 1. The fraction of sp³-hybridized carbons (Fsp3) is 0.368. The molecule has 2 aromatic rings. The summed E-state index contributed by atoms with van der Waals surface area (Å²) in [5, 5.41) is 3.17. The van der Waals surface area contributed by atoms with Crippen molar-refractivity contribution in [1.29, 1.82) is 0 Å². The Morgan fingerprint density at radius 3 is 2.48 bits per heavy atom. The minimum Gasteiger partial charge on any atom is -0.493 e. The zero-order chi connectivity index (χ0) is 17.6. The lowest BCUT2D eigenvalue weighted by molar-refractivity contribution is 0.122. The van der Waals surface area contributed by atoms with Gasteiger partial charge in [0.1, 0.15) is 5.82 Å². The standard InChI is InChI=1S/C19H23FN2O3/c1-23-18-11-15(20)16(12-19(18)24-2)21-13-14-5-3-4-6-17(14)22-7-9-25-10-8-22/h3-6,11-12,21H,7-10,13H2,1-2H3. The van der Waals surface area contributed by atoms with Gasteiger partial charge in [0.2, 0.25) is 0 Å². The number of rotatable bonds is 6. The van der Waals surface area contributed by atoms with Gasteiger partial charge in [0.15, 0.2) is 11.5 Å². The molecule has 1 heterocycles. The Kier molecular flexibility index (Phi) is 5.60. The van der Waals surface area contributed by atoms with Gasteiger partial charge in [0, 0.05) is 37.5 Å². The van der Waals surface area contributed by atoms with Crippen molar-refractivity contribution < 1.29 is 18.6 Å². The van der Waals surface area contributed by atoms with Crippen LogP contribution in [0.25, 0.3) is 0 Å². The largest absolute Gasteiger partial charge is 0.493 e. The van der Waals surface area contributed by atoms with Crippen molar-refractivity contribution in [3.8, 4) is 11.5 Å². The molecule has 1 fully saturated rings. The summed E-state index contributed by atoms with van der Waals surface area (Å²) in [5.74, 6) is 0.494. The van der Waals surface area contributed by atoms with Gasteiger partial charge in [-0.25, -0.2) is 4.39 Å². The van der Waals surface area contributed by atoms with Crippen LogP contribution in [-0.4, -0.2) is 40.5 Å². The summed E-state index contributed by atoms with van der Waals surface area (Å²) in [6.07, 6.45) is 0. The van der Waals surface area contributed by atoms with Crippen LogP contribution >= 0.6 is 0 Å². The molecule has 0 radical (unpaired) electrons. The molecule has 6 heteroatoms. The van der Waals surface area contributed by atoms with E-state index in [0.717, 1.165) is 37.6 Å². The fourth-order valence-electron chi connectivity index (χ4n) is 2.95. The second kappa shape index (κ2) is 8.07. The molecule has 3 rings (SSSR count). The van der Waals surface area contributed by atoms with Crippen molar-refractivity contribution in [3.63, 3.8) is 0 Å². The van der Waals surface area contributed by atoms with E-state index in [4.69, 9.17) is 14.2 Å². The third kappa shape index (κ3) is 3.96. The molecule has 134 valence electrons. The predicted molar refractivity (Wildman–Crippen MR) is 96.3 cm³/mol. The third-order valence-electron chi connectivity index (χ3n) is 4.29. The Balaban J connectivity index is 1.78. The second-order valence-electron chi connectivity index (χ2n) is 5.77.